The van der Waals surface area contributed by atoms with Crippen LogP contribution in [0.3, 0.4) is 0 Å². The lowest BCUT2D eigenvalue weighted by Crippen LogP contribution is -2.46. The summed E-state index contributed by atoms with van der Waals surface area (Å²) in [4.78, 5) is 14.6. The zero-order chi connectivity index (χ0) is 21.0. The molecular weight excluding hydrogens is 405 g/mol. The number of phenolic OH excluding ortho intramolecular Hbond substituents is 1. The van der Waals surface area contributed by atoms with E-state index in [9.17, 15) is 9.90 Å². The minimum Gasteiger partial charge on any atom is -0.508 e. The zero-order valence-corrected chi connectivity index (χ0v) is 17.4. The van der Waals surface area contributed by atoms with Gasteiger partial charge in [-0.1, -0.05) is 23.7 Å². The van der Waals surface area contributed by atoms with Crippen LogP contribution in [0.1, 0.15) is 36.1 Å². The number of anilines is 1. The van der Waals surface area contributed by atoms with Crippen molar-refractivity contribution >= 4 is 28.2 Å². The molecule has 1 aliphatic heterocycles. The average Bonchev–Trinajstić information content (AvgIpc) is 3.57. The van der Waals surface area contributed by atoms with Crippen molar-refractivity contribution in [1.82, 2.24) is 9.88 Å². The first-order valence-corrected chi connectivity index (χ1v) is 10.6. The fourth-order valence-electron chi connectivity index (χ4n) is 4.38. The van der Waals surface area contributed by atoms with Crippen molar-refractivity contribution in [2.75, 3.05) is 24.5 Å². The smallest absolute Gasteiger partial charge is 0.192 e. The Balaban J connectivity index is 1.60. The van der Waals surface area contributed by atoms with E-state index in [0.717, 1.165) is 18.4 Å². The molecule has 156 valence electrons. The van der Waals surface area contributed by atoms with Crippen LogP contribution in [0.5, 0.6) is 5.75 Å². The number of phenols is 1. The van der Waals surface area contributed by atoms with E-state index < -0.39 is 5.82 Å². The van der Waals surface area contributed by atoms with Crippen LogP contribution in [0.2, 0.25) is 5.02 Å². The maximum Gasteiger partial charge on any atom is 0.192 e. The molecule has 5 nitrogen and oxygen atoms in total. The molecule has 7 heteroatoms. The van der Waals surface area contributed by atoms with E-state index in [2.05, 4.69) is 5.32 Å². The maximum absolute atomic E-state index is 15.9. The third kappa shape index (κ3) is 3.24. The number of hydrogen-bond acceptors (Lipinski definition) is 4. The Morgan fingerprint density at radius 3 is 2.67 bits per heavy atom. The van der Waals surface area contributed by atoms with Crippen molar-refractivity contribution < 1.29 is 9.50 Å². The van der Waals surface area contributed by atoms with Crippen molar-refractivity contribution in [1.29, 1.82) is 0 Å². The Morgan fingerprint density at radius 1 is 1.23 bits per heavy atom. The quantitative estimate of drug-likeness (QED) is 0.654. The van der Waals surface area contributed by atoms with Gasteiger partial charge in [-0.05, 0) is 43.5 Å². The Hall–Kier alpha value is -2.57. The molecule has 1 aromatic heterocycles. The van der Waals surface area contributed by atoms with E-state index in [-0.39, 0.29) is 28.3 Å². The number of halogens is 2. The third-order valence-corrected chi connectivity index (χ3v) is 6.38. The van der Waals surface area contributed by atoms with Crippen molar-refractivity contribution in [3.63, 3.8) is 0 Å². The Labute approximate surface area is 178 Å². The summed E-state index contributed by atoms with van der Waals surface area (Å²) in [6, 6.07) is 8.87. The minimum absolute atomic E-state index is 0.0193. The SMILES string of the molecule is Cc1cn(C2CC2)c2c(F)c(N3CCNC(c4ccc(O)cc4)C3)c(Cl)cc2c1=O. The zero-order valence-electron chi connectivity index (χ0n) is 16.7. The summed E-state index contributed by atoms with van der Waals surface area (Å²) in [6.07, 6.45) is 3.76. The molecular formula is C23H23ClFN3O2. The number of benzene rings is 2. The summed E-state index contributed by atoms with van der Waals surface area (Å²) in [5, 5.41) is 13.6. The number of nitrogens with zero attached hydrogens (tertiary/aromatic N) is 2. The first kappa shape index (κ1) is 19.4. The molecule has 1 saturated carbocycles. The van der Waals surface area contributed by atoms with Gasteiger partial charge in [0.15, 0.2) is 11.2 Å². The Kier molecular flexibility index (Phi) is 4.71. The Bertz CT molecular complexity index is 1190. The number of aromatic nitrogens is 1. The molecule has 2 aromatic carbocycles. The second-order valence-corrected chi connectivity index (χ2v) is 8.65. The summed E-state index contributed by atoms with van der Waals surface area (Å²) in [5.41, 5.74) is 2.16. The first-order chi connectivity index (χ1) is 14.4. The summed E-state index contributed by atoms with van der Waals surface area (Å²) >= 11 is 6.54. The van der Waals surface area contributed by atoms with Crippen LogP contribution < -0.4 is 15.6 Å². The van der Waals surface area contributed by atoms with Gasteiger partial charge in [-0.2, -0.15) is 0 Å². The standard InChI is InChI=1S/C23H23ClFN3O2/c1-13-11-28(15-4-5-15)21-17(23(13)30)10-18(24)22(20(21)25)27-9-8-26-19(12-27)14-2-6-16(29)7-3-14/h2-3,6-7,10-11,15,19,26,29H,4-5,8-9,12H2,1H3. The molecule has 2 fully saturated rings. The molecule has 5 rings (SSSR count). The van der Waals surface area contributed by atoms with Gasteiger partial charge in [0.05, 0.1) is 21.6 Å². The van der Waals surface area contributed by atoms with Crippen LogP contribution in [0, 0.1) is 12.7 Å². The molecule has 30 heavy (non-hydrogen) atoms. The maximum atomic E-state index is 15.9. The normalized spacial score (nSPS) is 19.4. The second-order valence-electron chi connectivity index (χ2n) is 8.24. The molecule has 2 heterocycles. The third-order valence-electron chi connectivity index (χ3n) is 6.09. The fourth-order valence-corrected chi connectivity index (χ4v) is 4.69. The topological polar surface area (TPSA) is 57.5 Å². The molecule has 0 spiro atoms. The van der Waals surface area contributed by atoms with Gasteiger partial charge in [-0.15, -0.1) is 0 Å². The van der Waals surface area contributed by atoms with Crippen molar-refractivity contribution in [3.8, 4) is 5.75 Å². The van der Waals surface area contributed by atoms with Gasteiger partial charge in [-0.25, -0.2) is 4.39 Å². The molecule has 1 saturated heterocycles. The van der Waals surface area contributed by atoms with Gasteiger partial charge in [-0.3, -0.25) is 4.79 Å². The van der Waals surface area contributed by atoms with Crippen LogP contribution in [0.15, 0.2) is 41.3 Å². The summed E-state index contributed by atoms with van der Waals surface area (Å²) in [7, 11) is 0. The molecule has 0 bridgehead atoms. The van der Waals surface area contributed by atoms with Gasteiger partial charge >= 0.3 is 0 Å². The fraction of sp³-hybridized carbons (Fsp3) is 0.348. The van der Waals surface area contributed by atoms with E-state index in [1.165, 1.54) is 0 Å². The number of pyridine rings is 1. The molecule has 1 atom stereocenters. The van der Waals surface area contributed by atoms with Gasteiger partial charge in [0.2, 0.25) is 0 Å². The van der Waals surface area contributed by atoms with Gasteiger partial charge in [0, 0.05) is 43.5 Å². The van der Waals surface area contributed by atoms with E-state index >= 15 is 4.39 Å². The monoisotopic (exact) mass is 427 g/mol. The van der Waals surface area contributed by atoms with Crippen molar-refractivity contribution in [2.24, 2.45) is 0 Å². The number of rotatable bonds is 3. The van der Waals surface area contributed by atoms with Crippen molar-refractivity contribution in [2.45, 2.75) is 31.8 Å². The van der Waals surface area contributed by atoms with E-state index in [1.807, 2.05) is 21.6 Å². The highest BCUT2D eigenvalue weighted by Gasteiger charge is 2.30. The molecule has 0 amide bonds. The van der Waals surface area contributed by atoms with Crippen molar-refractivity contribution in [3.05, 3.63) is 68.7 Å². The molecule has 1 unspecified atom stereocenters. The first-order valence-electron chi connectivity index (χ1n) is 10.2. The minimum atomic E-state index is -0.423. The van der Waals surface area contributed by atoms with E-state index in [1.54, 1.807) is 31.3 Å². The number of nitrogens with one attached hydrogen (secondary N) is 1. The van der Waals surface area contributed by atoms with Crippen LogP contribution in [-0.2, 0) is 0 Å². The van der Waals surface area contributed by atoms with Gasteiger partial charge in [0.25, 0.3) is 0 Å². The number of aromatic hydroxyl groups is 1. The molecule has 1 aliphatic carbocycles. The van der Waals surface area contributed by atoms with E-state index in [4.69, 9.17) is 11.6 Å². The highest BCUT2D eigenvalue weighted by atomic mass is 35.5. The van der Waals surface area contributed by atoms with Crippen LogP contribution in [0.25, 0.3) is 10.9 Å². The number of hydrogen-bond donors (Lipinski definition) is 2. The number of fused-ring (bicyclic) bond motifs is 1. The average molecular weight is 428 g/mol. The lowest BCUT2D eigenvalue weighted by molar-refractivity contribution is 0.461. The lowest BCUT2D eigenvalue weighted by Gasteiger charge is -2.36. The van der Waals surface area contributed by atoms with Crippen LogP contribution in [0.4, 0.5) is 10.1 Å². The van der Waals surface area contributed by atoms with Gasteiger partial charge < -0.3 is 19.9 Å². The lowest BCUT2D eigenvalue weighted by atomic mass is 10.0. The largest absolute Gasteiger partial charge is 0.508 e. The highest BCUT2D eigenvalue weighted by Crippen LogP contribution is 2.41. The Morgan fingerprint density at radius 2 is 1.97 bits per heavy atom. The van der Waals surface area contributed by atoms with Gasteiger partial charge in [0.1, 0.15) is 5.75 Å². The predicted molar refractivity (Wildman–Crippen MR) is 117 cm³/mol. The molecule has 2 aliphatic rings. The second kappa shape index (κ2) is 7.29. The van der Waals surface area contributed by atoms with Crippen LogP contribution in [-0.4, -0.2) is 29.3 Å². The van der Waals surface area contributed by atoms with Crippen LogP contribution >= 0.6 is 11.6 Å². The highest BCUT2D eigenvalue weighted by molar-refractivity contribution is 6.34. The summed E-state index contributed by atoms with van der Waals surface area (Å²) in [6.45, 7) is 3.57. The molecule has 0 radical (unpaired) electrons. The molecule has 2 N–H and O–H groups in total. The summed E-state index contributed by atoms with van der Waals surface area (Å²) < 4.78 is 17.8. The molecule has 3 aromatic rings. The van der Waals surface area contributed by atoms with E-state index in [0.29, 0.717) is 41.8 Å². The summed E-state index contributed by atoms with van der Waals surface area (Å²) in [5.74, 6) is -0.212. The number of aryl methyl sites for hydroxylation is 1. The predicted octanol–water partition coefficient (Wildman–Crippen LogP) is 4.29. The number of piperazine rings is 1.